The van der Waals surface area contributed by atoms with Gasteiger partial charge in [0.05, 0.1) is 0 Å². The first-order chi connectivity index (χ1) is 6.50. The Morgan fingerprint density at radius 1 is 1.43 bits per heavy atom. The van der Waals surface area contributed by atoms with Gasteiger partial charge in [0, 0.05) is 10.0 Å². The standard InChI is InChI=1S/C9H10BrN3O/c1-5-4-6(2-3-7(5)10)8(14)13-9(11)12/h2-4H,1H3,(H4,11,12,13,14). The first-order valence-corrected chi connectivity index (χ1v) is 4.70. The number of hydrogen-bond donors (Lipinski definition) is 2. The second-order valence-electron chi connectivity index (χ2n) is 2.81. The van der Waals surface area contributed by atoms with Gasteiger partial charge >= 0.3 is 0 Å². The van der Waals surface area contributed by atoms with Crippen LogP contribution in [0, 0.1) is 6.92 Å². The fourth-order valence-electron chi connectivity index (χ4n) is 0.960. The van der Waals surface area contributed by atoms with Gasteiger partial charge in [-0.3, -0.25) is 4.79 Å². The Kier molecular flexibility index (Phi) is 3.24. The first kappa shape index (κ1) is 10.7. The van der Waals surface area contributed by atoms with Crippen molar-refractivity contribution in [1.82, 2.24) is 0 Å². The van der Waals surface area contributed by atoms with E-state index < -0.39 is 5.91 Å². The van der Waals surface area contributed by atoms with Crippen molar-refractivity contribution < 1.29 is 4.79 Å². The summed E-state index contributed by atoms with van der Waals surface area (Å²) in [5.74, 6) is -0.656. The summed E-state index contributed by atoms with van der Waals surface area (Å²) in [5, 5.41) is 0. The fourth-order valence-corrected chi connectivity index (χ4v) is 1.21. The lowest BCUT2D eigenvalue weighted by molar-refractivity contribution is 0.100. The Labute approximate surface area is 90.1 Å². The van der Waals surface area contributed by atoms with Gasteiger partial charge in [0.1, 0.15) is 0 Å². The van der Waals surface area contributed by atoms with Crippen molar-refractivity contribution in [3.8, 4) is 0 Å². The zero-order valence-corrected chi connectivity index (χ0v) is 9.21. The quantitative estimate of drug-likeness (QED) is 0.584. The van der Waals surface area contributed by atoms with E-state index in [4.69, 9.17) is 11.5 Å². The Bertz CT molecular complexity index is 397. The Morgan fingerprint density at radius 2 is 2.07 bits per heavy atom. The molecule has 0 saturated carbocycles. The summed E-state index contributed by atoms with van der Waals surface area (Å²) in [4.78, 5) is 14.8. The minimum Gasteiger partial charge on any atom is -0.370 e. The molecule has 0 radical (unpaired) electrons. The van der Waals surface area contributed by atoms with Gasteiger partial charge in [0.15, 0.2) is 5.96 Å². The number of aryl methyl sites for hydroxylation is 1. The number of guanidine groups is 1. The highest BCUT2D eigenvalue weighted by atomic mass is 79.9. The second kappa shape index (κ2) is 4.23. The van der Waals surface area contributed by atoms with Gasteiger partial charge in [-0.2, -0.15) is 4.99 Å². The average Bonchev–Trinajstić information content (AvgIpc) is 2.08. The summed E-state index contributed by atoms with van der Waals surface area (Å²) in [5.41, 5.74) is 11.6. The highest BCUT2D eigenvalue weighted by Crippen LogP contribution is 2.17. The van der Waals surface area contributed by atoms with Crippen LogP contribution in [0.15, 0.2) is 27.7 Å². The zero-order chi connectivity index (χ0) is 10.7. The number of aliphatic imine (C=N–C) groups is 1. The monoisotopic (exact) mass is 255 g/mol. The van der Waals surface area contributed by atoms with E-state index in [1.807, 2.05) is 6.92 Å². The number of nitrogens with two attached hydrogens (primary N) is 2. The summed E-state index contributed by atoms with van der Waals surface area (Å²) in [7, 11) is 0. The van der Waals surface area contributed by atoms with Crippen LogP contribution < -0.4 is 11.5 Å². The number of hydrogen-bond acceptors (Lipinski definition) is 1. The molecule has 0 aliphatic rings. The van der Waals surface area contributed by atoms with E-state index in [1.54, 1.807) is 18.2 Å². The Hall–Kier alpha value is -1.36. The fraction of sp³-hybridized carbons (Fsp3) is 0.111. The number of amides is 1. The van der Waals surface area contributed by atoms with Gasteiger partial charge < -0.3 is 11.5 Å². The molecule has 4 N–H and O–H groups in total. The number of rotatable bonds is 1. The summed E-state index contributed by atoms with van der Waals surface area (Å²) < 4.78 is 0.943. The molecule has 0 fully saturated rings. The summed E-state index contributed by atoms with van der Waals surface area (Å²) in [6, 6.07) is 5.16. The molecule has 0 heterocycles. The molecule has 14 heavy (non-hydrogen) atoms. The predicted molar refractivity (Wildman–Crippen MR) is 59.0 cm³/mol. The third-order valence-electron chi connectivity index (χ3n) is 1.64. The van der Waals surface area contributed by atoms with Crippen LogP contribution in [0.2, 0.25) is 0 Å². The van der Waals surface area contributed by atoms with E-state index in [0.29, 0.717) is 5.56 Å². The molecular weight excluding hydrogens is 246 g/mol. The number of benzene rings is 1. The lowest BCUT2D eigenvalue weighted by Crippen LogP contribution is -2.24. The Morgan fingerprint density at radius 3 is 2.57 bits per heavy atom. The normalized spacial score (nSPS) is 9.57. The molecule has 0 spiro atoms. The van der Waals surface area contributed by atoms with Crippen molar-refractivity contribution in [2.75, 3.05) is 0 Å². The molecule has 0 unspecified atom stereocenters. The van der Waals surface area contributed by atoms with E-state index in [1.165, 1.54) is 0 Å². The van der Waals surface area contributed by atoms with E-state index in [0.717, 1.165) is 10.0 Å². The predicted octanol–water partition coefficient (Wildman–Crippen LogP) is 1.17. The zero-order valence-electron chi connectivity index (χ0n) is 7.62. The van der Waals surface area contributed by atoms with Gasteiger partial charge in [-0.15, -0.1) is 0 Å². The number of nitrogens with zero attached hydrogens (tertiary/aromatic N) is 1. The molecule has 0 aliphatic heterocycles. The molecule has 1 aromatic rings. The molecule has 0 aliphatic carbocycles. The van der Waals surface area contributed by atoms with Gasteiger partial charge in [-0.25, -0.2) is 0 Å². The molecule has 5 heteroatoms. The third kappa shape index (κ3) is 2.56. The smallest absolute Gasteiger partial charge is 0.280 e. The number of carbonyl (C=O) groups is 1. The van der Waals surface area contributed by atoms with Crippen molar-refractivity contribution in [2.24, 2.45) is 16.5 Å². The van der Waals surface area contributed by atoms with Crippen molar-refractivity contribution in [3.63, 3.8) is 0 Å². The molecule has 74 valence electrons. The number of carbonyl (C=O) groups excluding carboxylic acids is 1. The van der Waals surface area contributed by atoms with Crippen LogP contribution in [0.4, 0.5) is 0 Å². The number of halogens is 1. The summed E-state index contributed by atoms with van der Waals surface area (Å²) >= 11 is 3.33. The van der Waals surface area contributed by atoms with Gasteiger partial charge in [0.25, 0.3) is 5.91 Å². The lowest BCUT2D eigenvalue weighted by atomic mass is 10.1. The van der Waals surface area contributed by atoms with Crippen molar-refractivity contribution in [2.45, 2.75) is 6.92 Å². The molecule has 0 atom stereocenters. The minimum absolute atomic E-state index is 0.226. The van der Waals surface area contributed by atoms with Crippen LogP contribution in [0.1, 0.15) is 15.9 Å². The molecule has 1 amide bonds. The highest BCUT2D eigenvalue weighted by Gasteiger charge is 2.05. The summed E-state index contributed by atoms with van der Waals surface area (Å²) in [6.07, 6.45) is 0. The van der Waals surface area contributed by atoms with E-state index in [2.05, 4.69) is 20.9 Å². The molecule has 1 rings (SSSR count). The van der Waals surface area contributed by atoms with Crippen LogP contribution in [0.5, 0.6) is 0 Å². The van der Waals surface area contributed by atoms with Gasteiger partial charge in [-0.1, -0.05) is 15.9 Å². The average molecular weight is 256 g/mol. The van der Waals surface area contributed by atoms with Gasteiger partial charge in [-0.05, 0) is 30.7 Å². The van der Waals surface area contributed by atoms with Crippen molar-refractivity contribution in [1.29, 1.82) is 0 Å². The molecular formula is C9H10BrN3O. The maximum absolute atomic E-state index is 11.4. The SMILES string of the molecule is Cc1cc(C(=O)N=C(N)N)ccc1Br. The maximum atomic E-state index is 11.4. The van der Waals surface area contributed by atoms with E-state index in [9.17, 15) is 4.79 Å². The van der Waals surface area contributed by atoms with Crippen LogP contribution in [-0.2, 0) is 0 Å². The molecule has 0 bridgehead atoms. The van der Waals surface area contributed by atoms with E-state index in [-0.39, 0.29) is 5.96 Å². The highest BCUT2D eigenvalue weighted by molar-refractivity contribution is 9.10. The third-order valence-corrected chi connectivity index (χ3v) is 2.53. The Balaban J connectivity index is 3.03. The molecule has 0 aromatic heterocycles. The summed E-state index contributed by atoms with van der Waals surface area (Å²) in [6.45, 7) is 1.89. The topological polar surface area (TPSA) is 81.5 Å². The van der Waals surface area contributed by atoms with Crippen LogP contribution in [0.3, 0.4) is 0 Å². The van der Waals surface area contributed by atoms with Gasteiger partial charge in [0.2, 0.25) is 0 Å². The molecule has 4 nitrogen and oxygen atoms in total. The van der Waals surface area contributed by atoms with E-state index >= 15 is 0 Å². The lowest BCUT2D eigenvalue weighted by Gasteiger charge is -2.00. The van der Waals surface area contributed by atoms with Crippen LogP contribution in [-0.4, -0.2) is 11.9 Å². The molecule has 1 aromatic carbocycles. The van der Waals surface area contributed by atoms with Crippen molar-refractivity contribution in [3.05, 3.63) is 33.8 Å². The van der Waals surface area contributed by atoms with Crippen LogP contribution >= 0.6 is 15.9 Å². The second-order valence-corrected chi connectivity index (χ2v) is 3.66. The van der Waals surface area contributed by atoms with Crippen molar-refractivity contribution >= 4 is 27.8 Å². The first-order valence-electron chi connectivity index (χ1n) is 3.91. The maximum Gasteiger partial charge on any atom is 0.280 e. The largest absolute Gasteiger partial charge is 0.370 e. The molecule has 0 saturated heterocycles. The minimum atomic E-state index is -0.430. The van der Waals surface area contributed by atoms with Crippen LogP contribution in [0.25, 0.3) is 0 Å².